The number of hydrogen-bond acceptors (Lipinski definition) is 6. The first-order chi connectivity index (χ1) is 19.9. The number of carbonyl (C=O) groups excluding carboxylic acids is 3. The summed E-state index contributed by atoms with van der Waals surface area (Å²) < 4.78 is 16.1. The molecule has 2 N–H and O–H groups in total. The third-order valence-electron chi connectivity index (χ3n) is 6.53. The summed E-state index contributed by atoms with van der Waals surface area (Å²) in [6.07, 6.45) is -0.787. The lowest BCUT2D eigenvalue weighted by atomic mass is 10.1. The van der Waals surface area contributed by atoms with E-state index in [4.69, 9.17) is 19.9 Å². The highest BCUT2D eigenvalue weighted by molar-refractivity contribution is 6.21. The number of carbonyl (C=O) groups is 3. The lowest BCUT2D eigenvalue weighted by molar-refractivity contribution is 0.0642. The third-order valence-corrected chi connectivity index (χ3v) is 6.53. The zero-order valence-electron chi connectivity index (χ0n) is 22.3. The first kappa shape index (κ1) is 27.1. The Morgan fingerprint density at radius 2 is 1.27 bits per heavy atom. The van der Waals surface area contributed by atoms with Crippen molar-refractivity contribution in [1.29, 1.82) is 0 Å². The molecule has 4 aromatic rings. The number of fused-ring (bicyclic) bond motifs is 1. The number of benzene rings is 4. The van der Waals surface area contributed by atoms with Crippen LogP contribution in [0.25, 0.3) is 0 Å². The molecule has 9 heteroatoms. The lowest BCUT2D eigenvalue weighted by Crippen LogP contribution is -2.29. The molecule has 4 aromatic carbocycles. The van der Waals surface area contributed by atoms with Crippen LogP contribution in [0.5, 0.6) is 11.5 Å². The molecular formula is C32H27N3O6. The van der Waals surface area contributed by atoms with Gasteiger partial charge in [0, 0.05) is 5.56 Å². The monoisotopic (exact) mass is 549 g/mol. The molecular weight excluding hydrogens is 522 g/mol. The maximum atomic E-state index is 12.6. The Kier molecular flexibility index (Phi) is 8.05. The van der Waals surface area contributed by atoms with Crippen molar-refractivity contribution in [3.05, 3.63) is 130 Å². The number of nitrogens with two attached hydrogens (primary N) is 1. The van der Waals surface area contributed by atoms with Gasteiger partial charge in [0.15, 0.2) is 0 Å². The van der Waals surface area contributed by atoms with Crippen LogP contribution in [0.1, 0.15) is 43.0 Å². The van der Waals surface area contributed by atoms with E-state index in [1.54, 1.807) is 79.9 Å². The fraction of sp³-hybridized carbons (Fsp3) is 0.125. The van der Waals surface area contributed by atoms with E-state index in [0.29, 0.717) is 34.8 Å². The summed E-state index contributed by atoms with van der Waals surface area (Å²) in [6, 6.07) is 28.4. The van der Waals surface area contributed by atoms with Crippen LogP contribution < -0.4 is 15.2 Å². The van der Waals surface area contributed by atoms with Gasteiger partial charge in [-0.25, -0.2) is 4.79 Å². The molecule has 41 heavy (non-hydrogen) atoms. The van der Waals surface area contributed by atoms with E-state index in [0.717, 1.165) is 16.7 Å². The summed E-state index contributed by atoms with van der Waals surface area (Å²) in [6.45, 7) is 0.580. The molecule has 0 bridgehead atoms. The van der Waals surface area contributed by atoms with E-state index in [9.17, 15) is 14.4 Å². The number of hydrogen-bond donors (Lipinski definition) is 1. The molecule has 0 radical (unpaired) electrons. The van der Waals surface area contributed by atoms with E-state index in [1.807, 2.05) is 24.3 Å². The number of aliphatic imine (C=N–C) groups is 1. The number of imide groups is 1. The highest BCUT2D eigenvalue weighted by Crippen LogP contribution is 2.24. The SMILES string of the molecule is COc1ccc(COC(=O)N=C(N)c2ccc(OCc3ccc(CN4C(=O)c5ccccc5C4=O)cc3)cc2)cc1. The van der Waals surface area contributed by atoms with Gasteiger partial charge in [0.1, 0.15) is 30.5 Å². The molecule has 9 nitrogen and oxygen atoms in total. The van der Waals surface area contributed by atoms with Gasteiger partial charge >= 0.3 is 6.09 Å². The van der Waals surface area contributed by atoms with Crippen LogP contribution >= 0.6 is 0 Å². The zero-order chi connectivity index (χ0) is 28.8. The number of amidine groups is 1. The number of methoxy groups -OCH3 is 1. The maximum Gasteiger partial charge on any atom is 0.435 e. The lowest BCUT2D eigenvalue weighted by Gasteiger charge is -2.14. The van der Waals surface area contributed by atoms with Crippen LogP contribution in [0, 0.1) is 0 Å². The molecule has 1 aliphatic heterocycles. The van der Waals surface area contributed by atoms with Crippen molar-refractivity contribution in [3.63, 3.8) is 0 Å². The molecule has 1 aliphatic rings. The minimum absolute atomic E-state index is 0.0323. The fourth-order valence-corrected chi connectivity index (χ4v) is 4.26. The molecule has 0 unspecified atom stereocenters. The van der Waals surface area contributed by atoms with Crippen LogP contribution in [-0.2, 0) is 24.5 Å². The van der Waals surface area contributed by atoms with Crippen molar-refractivity contribution >= 4 is 23.7 Å². The predicted octanol–water partition coefficient (Wildman–Crippen LogP) is 5.11. The number of nitrogens with zero attached hydrogens (tertiary/aromatic N) is 2. The van der Waals surface area contributed by atoms with E-state index in [1.165, 1.54) is 4.90 Å². The summed E-state index contributed by atoms with van der Waals surface area (Å²) in [5.41, 5.74) is 9.96. The standard InChI is InChI=1S/C32H27N3O6/c1-39-25-14-10-23(11-15-25)20-41-32(38)34-29(33)24-12-16-26(17-13-24)40-19-22-8-6-21(7-9-22)18-35-30(36)27-4-2-3-5-28(27)31(35)37/h2-17H,18-20H2,1H3,(H2,33,34,38). The van der Waals surface area contributed by atoms with Crippen LogP contribution in [0.2, 0.25) is 0 Å². The summed E-state index contributed by atoms with van der Waals surface area (Å²) in [5.74, 6) is 0.795. The highest BCUT2D eigenvalue weighted by atomic mass is 16.5. The summed E-state index contributed by atoms with van der Waals surface area (Å²) in [5, 5.41) is 0. The Morgan fingerprint density at radius 1 is 0.732 bits per heavy atom. The second kappa shape index (κ2) is 12.2. The minimum atomic E-state index is -0.787. The second-order valence-electron chi connectivity index (χ2n) is 9.27. The molecule has 0 aromatic heterocycles. The Labute approximate surface area is 236 Å². The van der Waals surface area contributed by atoms with E-state index >= 15 is 0 Å². The summed E-state index contributed by atoms with van der Waals surface area (Å²) in [4.78, 5) is 42.3. The first-order valence-electron chi connectivity index (χ1n) is 12.8. The maximum absolute atomic E-state index is 12.6. The van der Waals surface area contributed by atoms with Gasteiger partial charge in [0.05, 0.1) is 24.8 Å². The topological polar surface area (TPSA) is 121 Å². The molecule has 0 spiro atoms. The average molecular weight is 550 g/mol. The second-order valence-corrected chi connectivity index (χ2v) is 9.27. The Balaban J connectivity index is 1.10. The number of ether oxygens (including phenoxy) is 3. The zero-order valence-corrected chi connectivity index (χ0v) is 22.3. The van der Waals surface area contributed by atoms with Crippen molar-refractivity contribution in [3.8, 4) is 11.5 Å². The van der Waals surface area contributed by atoms with Gasteiger partial charge in [-0.1, -0.05) is 48.5 Å². The van der Waals surface area contributed by atoms with Crippen molar-refractivity contribution in [2.45, 2.75) is 19.8 Å². The molecule has 5 rings (SSSR count). The van der Waals surface area contributed by atoms with Crippen molar-refractivity contribution in [2.75, 3.05) is 7.11 Å². The smallest absolute Gasteiger partial charge is 0.435 e. The normalized spacial score (nSPS) is 12.7. The van der Waals surface area contributed by atoms with Crippen molar-refractivity contribution in [1.82, 2.24) is 4.90 Å². The van der Waals surface area contributed by atoms with Gasteiger partial charge < -0.3 is 19.9 Å². The molecule has 3 amide bonds. The van der Waals surface area contributed by atoms with Crippen LogP contribution in [0.15, 0.2) is 102 Å². The number of rotatable bonds is 9. The Bertz CT molecular complexity index is 1560. The molecule has 0 fully saturated rings. The fourth-order valence-electron chi connectivity index (χ4n) is 4.26. The van der Waals surface area contributed by atoms with Crippen LogP contribution in [0.4, 0.5) is 4.79 Å². The molecule has 0 saturated heterocycles. The number of amides is 3. The van der Waals surface area contributed by atoms with Gasteiger partial charge in [-0.3, -0.25) is 14.5 Å². The van der Waals surface area contributed by atoms with Gasteiger partial charge in [0.25, 0.3) is 11.8 Å². The van der Waals surface area contributed by atoms with E-state index in [-0.39, 0.29) is 30.8 Å². The molecule has 0 atom stereocenters. The van der Waals surface area contributed by atoms with Gasteiger partial charge in [-0.15, -0.1) is 0 Å². The molecule has 1 heterocycles. The van der Waals surface area contributed by atoms with Gasteiger partial charge in [-0.2, -0.15) is 4.99 Å². The third kappa shape index (κ3) is 6.42. The predicted molar refractivity (Wildman–Crippen MR) is 152 cm³/mol. The molecule has 0 saturated carbocycles. The Hall–Kier alpha value is -5.44. The summed E-state index contributed by atoms with van der Waals surface area (Å²) in [7, 11) is 1.58. The van der Waals surface area contributed by atoms with Crippen molar-refractivity contribution in [2.24, 2.45) is 10.7 Å². The van der Waals surface area contributed by atoms with Crippen LogP contribution in [-0.4, -0.2) is 35.8 Å². The highest BCUT2D eigenvalue weighted by Gasteiger charge is 2.34. The Morgan fingerprint density at radius 3 is 1.88 bits per heavy atom. The molecule has 206 valence electrons. The van der Waals surface area contributed by atoms with Gasteiger partial charge in [0.2, 0.25) is 0 Å². The van der Waals surface area contributed by atoms with E-state index < -0.39 is 6.09 Å². The quantitative estimate of drug-likeness (QED) is 0.175. The average Bonchev–Trinajstić information content (AvgIpc) is 3.25. The van der Waals surface area contributed by atoms with Gasteiger partial charge in [-0.05, 0) is 65.2 Å². The largest absolute Gasteiger partial charge is 0.497 e. The first-order valence-corrected chi connectivity index (χ1v) is 12.8. The molecule has 0 aliphatic carbocycles. The summed E-state index contributed by atoms with van der Waals surface area (Å²) >= 11 is 0. The van der Waals surface area contributed by atoms with E-state index in [2.05, 4.69) is 4.99 Å². The minimum Gasteiger partial charge on any atom is -0.497 e. The van der Waals surface area contributed by atoms with Crippen LogP contribution in [0.3, 0.4) is 0 Å². The van der Waals surface area contributed by atoms with Crippen molar-refractivity contribution < 1.29 is 28.6 Å².